The van der Waals surface area contributed by atoms with Crippen LogP contribution < -0.4 is 10.5 Å². The quantitative estimate of drug-likeness (QED) is 0.774. The summed E-state index contributed by atoms with van der Waals surface area (Å²) in [6.45, 7) is 4.72. The molecule has 3 N–H and O–H groups in total. The first-order chi connectivity index (χ1) is 7.17. The molecule has 0 bridgehead atoms. The van der Waals surface area contributed by atoms with E-state index in [0.29, 0.717) is 19.6 Å². The van der Waals surface area contributed by atoms with Crippen LogP contribution in [-0.4, -0.2) is 17.8 Å². The Morgan fingerprint density at radius 3 is 2.80 bits per heavy atom. The fourth-order valence-electron chi connectivity index (χ4n) is 1.31. The average molecular weight is 209 g/mol. The first-order valence-electron chi connectivity index (χ1n) is 5.27. The molecule has 0 amide bonds. The van der Waals surface area contributed by atoms with Crippen LogP contribution in [0.4, 0.5) is 0 Å². The van der Waals surface area contributed by atoms with Crippen molar-refractivity contribution in [3.63, 3.8) is 0 Å². The van der Waals surface area contributed by atoms with E-state index in [0.717, 1.165) is 11.3 Å². The minimum Gasteiger partial charge on any atom is -0.491 e. The van der Waals surface area contributed by atoms with Crippen molar-refractivity contribution < 1.29 is 9.84 Å². The maximum atomic E-state index is 9.38. The Kier molecular flexibility index (Phi) is 4.59. The summed E-state index contributed by atoms with van der Waals surface area (Å²) in [6, 6.07) is 5.89. The molecule has 0 aromatic heterocycles. The molecular formula is C12H19NO2. The van der Waals surface area contributed by atoms with Gasteiger partial charge in [-0.25, -0.2) is 0 Å². The summed E-state index contributed by atoms with van der Waals surface area (Å²) in [4.78, 5) is 0. The molecule has 0 saturated carbocycles. The number of benzene rings is 1. The molecule has 3 heteroatoms. The van der Waals surface area contributed by atoms with E-state index in [2.05, 4.69) is 0 Å². The normalized spacial score (nSPS) is 12.5. The first-order valence-corrected chi connectivity index (χ1v) is 5.27. The second-order valence-corrected chi connectivity index (χ2v) is 3.69. The number of aryl methyl sites for hydroxylation is 1. The van der Waals surface area contributed by atoms with Crippen LogP contribution >= 0.6 is 0 Å². The Morgan fingerprint density at radius 1 is 1.47 bits per heavy atom. The van der Waals surface area contributed by atoms with Crippen LogP contribution in [0.1, 0.15) is 24.5 Å². The Hall–Kier alpha value is -1.06. The van der Waals surface area contributed by atoms with E-state index in [9.17, 15) is 5.11 Å². The third-order valence-electron chi connectivity index (χ3n) is 2.34. The molecule has 1 atom stereocenters. The lowest BCUT2D eigenvalue weighted by Gasteiger charge is -2.13. The van der Waals surface area contributed by atoms with Crippen LogP contribution in [0.2, 0.25) is 0 Å². The molecular weight excluding hydrogens is 190 g/mol. The molecule has 1 aromatic rings. The van der Waals surface area contributed by atoms with E-state index in [1.54, 1.807) is 0 Å². The zero-order valence-electron chi connectivity index (χ0n) is 9.36. The Bertz CT molecular complexity index is 312. The maximum absolute atomic E-state index is 9.38. The Morgan fingerprint density at radius 2 is 2.20 bits per heavy atom. The van der Waals surface area contributed by atoms with Crippen LogP contribution in [0.25, 0.3) is 0 Å². The van der Waals surface area contributed by atoms with E-state index >= 15 is 0 Å². The highest BCUT2D eigenvalue weighted by Crippen LogP contribution is 2.19. The fraction of sp³-hybridized carbons (Fsp3) is 0.500. The van der Waals surface area contributed by atoms with Gasteiger partial charge in [0.25, 0.3) is 0 Å². The summed E-state index contributed by atoms with van der Waals surface area (Å²) in [5.41, 5.74) is 7.77. The Balaban J connectivity index is 2.67. The van der Waals surface area contributed by atoms with Crippen LogP contribution in [0, 0.1) is 6.92 Å². The molecule has 15 heavy (non-hydrogen) atoms. The number of aliphatic hydroxyl groups is 1. The van der Waals surface area contributed by atoms with Crippen molar-refractivity contribution in [2.24, 2.45) is 5.73 Å². The van der Waals surface area contributed by atoms with Gasteiger partial charge in [0.1, 0.15) is 12.4 Å². The molecule has 0 aliphatic heterocycles. The number of ether oxygens (including phenoxy) is 1. The second kappa shape index (κ2) is 5.73. The fourth-order valence-corrected chi connectivity index (χ4v) is 1.31. The van der Waals surface area contributed by atoms with Crippen molar-refractivity contribution in [2.45, 2.75) is 32.9 Å². The lowest BCUT2D eigenvalue weighted by molar-refractivity contribution is 0.104. The van der Waals surface area contributed by atoms with Crippen molar-refractivity contribution >= 4 is 0 Å². The highest BCUT2D eigenvalue weighted by molar-refractivity contribution is 5.36. The molecule has 0 saturated heterocycles. The molecule has 0 aliphatic carbocycles. The molecule has 1 unspecified atom stereocenters. The number of hydrogen-bond acceptors (Lipinski definition) is 3. The van der Waals surface area contributed by atoms with E-state index in [4.69, 9.17) is 10.5 Å². The van der Waals surface area contributed by atoms with Gasteiger partial charge < -0.3 is 15.6 Å². The smallest absolute Gasteiger partial charge is 0.123 e. The number of aliphatic hydroxyl groups excluding tert-OH is 1. The number of rotatable bonds is 5. The zero-order chi connectivity index (χ0) is 11.3. The molecule has 0 fully saturated rings. The van der Waals surface area contributed by atoms with Gasteiger partial charge in [0.05, 0.1) is 6.10 Å². The van der Waals surface area contributed by atoms with Gasteiger partial charge in [0, 0.05) is 12.1 Å². The summed E-state index contributed by atoms with van der Waals surface area (Å²) in [6.07, 6.45) is 0.293. The monoisotopic (exact) mass is 209 g/mol. The Labute approximate surface area is 90.9 Å². The number of hydrogen-bond donors (Lipinski definition) is 2. The average Bonchev–Trinajstić information content (AvgIpc) is 2.26. The molecule has 0 heterocycles. The summed E-state index contributed by atoms with van der Waals surface area (Å²) >= 11 is 0. The predicted molar refractivity (Wildman–Crippen MR) is 60.9 cm³/mol. The van der Waals surface area contributed by atoms with Gasteiger partial charge in [-0.2, -0.15) is 0 Å². The topological polar surface area (TPSA) is 55.5 Å². The molecule has 1 rings (SSSR count). The third-order valence-corrected chi connectivity index (χ3v) is 2.34. The zero-order valence-corrected chi connectivity index (χ0v) is 9.36. The summed E-state index contributed by atoms with van der Waals surface area (Å²) < 4.78 is 5.51. The van der Waals surface area contributed by atoms with Crippen LogP contribution in [-0.2, 0) is 6.54 Å². The summed E-state index contributed by atoms with van der Waals surface area (Å²) in [5, 5.41) is 9.38. The molecule has 3 nitrogen and oxygen atoms in total. The molecule has 0 spiro atoms. The van der Waals surface area contributed by atoms with Crippen molar-refractivity contribution in [3.8, 4) is 5.75 Å². The standard InChI is InChI=1S/C12H19NO2/c1-3-11(14)8-15-12-5-4-9(2)6-10(12)7-13/h4-6,11,14H,3,7-8,13H2,1-2H3. The predicted octanol–water partition coefficient (Wildman–Crippen LogP) is 1.60. The maximum Gasteiger partial charge on any atom is 0.123 e. The van der Waals surface area contributed by atoms with E-state index < -0.39 is 6.10 Å². The molecule has 0 radical (unpaired) electrons. The van der Waals surface area contributed by atoms with Crippen molar-refractivity contribution in [2.75, 3.05) is 6.61 Å². The minimum atomic E-state index is -0.406. The van der Waals surface area contributed by atoms with E-state index in [1.165, 1.54) is 5.56 Å². The number of nitrogens with two attached hydrogens (primary N) is 1. The van der Waals surface area contributed by atoms with E-state index in [-0.39, 0.29) is 0 Å². The van der Waals surface area contributed by atoms with Crippen molar-refractivity contribution in [3.05, 3.63) is 29.3 Å². The van der Waals surface area contributed by atoms with Gasteiger partial charge in [0.15, 0.2) is 0 Å². The largest absolute Gasteiger partial charge is 0.491 e. The van der Waals surface area contributed by atoms with Gasteiger partial charge in [-0.1, -0.05) is 24.6 Å². The summed E-state index contributed by atoms with van der Waals surface area (Å²) in [7, 11) is 0. The first kappa shape index (κ1) is 12.0. The van der Waals surface area contributed by atoms with Crippen molar-refractivity contribution in [1.29, 1.82) is 0 Å². The van der Waals surface area contributed by atoms with E-state index in [1.807, 2.05) is 32.0 Å². The van der Waals surface area contributed by atoms with Gasteiger partial charge >= 0.3 is 0 Å². The highest BCUT2D eigenvalue weighted by atomic mass is 16.5. The minimum absolute atomic E-state index is 0.326. The van der Waals surface area contributed by atoms with Crippen LogP contribution in [0.3, 0.4) is 0 Å². The third kappa shape index (κ3) is 3.53. The van der Waals surface area contributed by atoms with Gasteiger partial charge in [0.2, 0.25) is 0 Å². The van der Waals surface area contributed by atoms with Crippen LogP contribution in [0.15, 0.2) is 18.2 Å². The van der Waals surface area contributed by atoms with Gasteiger partial charge in [-0.05, 0) is 19.4 Å². The van der Waals surface area contributed by atoms with Gasteiger partial charge in [-0.15, -0.1) is 0 Å². The summed E-state index contributed by atoms with van der Waals surface area (Å²) in [5.74, 6) is 0.774. The lowest BCUT2D eigenvalue weighted by Crippen LogP contribution is -2.17. The molecule has 1 aromatic carbocycles. The van der Waals surface area contributed by atoms with Crippen molar-refractivity contribution in [1.82, 2.24) is 0 Å². The van der Waals surface area contributed by atoms with Gasteiger partial charge in [-0.3, -0.25) is 0 Å². The second-order valence-electron chi connectivity index (χ2n) is 3.69. The molecule has 0 aliphatic rings. The molecule has 84 valence electrons. The van der Waals surface area contributed by atoms with Crippen LogP contribution in [0.5, 0.6) is 5.75 Å². The lowest BCUT2D eigenvalue weighted by atomic mass is 10.1. The highest BCUT2D eigenvalue weighted by Gasteiger charge is 2.05. The SMILES string of the molecule is CCC(O)COc1ccc(C)cc1CN.